The van der Waals surface area contributed by atoms with Gasteiger partial charge in [0.05, 0.1) is 23.4 Å². The van der Waals surface area contributed by atoms with Gasteiger partial charge >= 0.3 is 5.97 Å². The monoisotopic (exact) mass is 361 g/mol. The van der Waals surface area contributed by atoms with E-state index in [1.807, 2.05) is 26.8 Å². The number of carbonyl (C=O) groups excluding carboxylic acids is 2. The Balaban J connectivity index is 2.07. The van der Waals surface area contributed by atoms with Crippen molar-refractivity contribution in [1.82, 2.24) is 0 Å². The van der Waals surface area contributed by atoms with Crippen LogP contribution in [-0.2, 0) is 9.53 Å². The molecule has 0 aromatic heterocycles. The molecule has 0 spiro atoms. The summed E-state index contributed by atoms with van der Waals surface area (Å²) < 4.78 is 10.2. The molecule has 25 heavy (non-hydrogen) atoms. The number of nitrogens with one attached hydrogen (secondary N) is 1. The zero-order valence-electron chi connectivity index (χ0n) is 14.6. The minimum Gasteiger partial charge on any atom is -0.483 e. The normalized spacial score (nSPS) is 10.3. The number of methoxy groups -OCH3 is 1. The number of ether oxygens (including phenoxy) is 2. The Hall–Kier alpha value is -2.53. The zero-order chi connectivity index (χ0) is 18.6. The second-order valence-electron chi connectivity index (χ2n) is 5.75. The third-order valence-electron chi connectivity index (χ3n) is 3.66. The molecule has 0 saturated carbocycles. The molecular weight excluding hydrogens is 342 g/mol. The first-order valence-corrected chi connectivity index (χ1v) is 8.08. The summed E-state index contributed by atoms with van der Waals surface area (Å²) in [6.07, 6.45) is 0. The first-order chi connectivity index (χ1) is 11.8. The predicted octanol–water partition coefficient (Wildman–Crippen LogP) is 4.07. The average molecular weight is 362 g/mol. The Morgan fingerprint density at radius 3 is 2.44 bits per heavy atom. The van der Waals surface area contributed by atoms with E-state index in [0.717, 1.165) is 16.7 Å². The number of hydrogen-bond acceptors (Lipinski definition) is 4. The van der Waals surface area contributed by atoms with Crippen LogP contribution in [0.4, 0.5) is 5.69 Å². The van der Waals surface area contributed by atoms with Crippen LogP contribution < -0.4 is 10.1 Å². The summed E-state index contributed by atoms with van der Waals surface area (Å²) in [6.45, 7) is 5.44. The highest BCUT2D eigenvalue weighted by Gasteiger charge is 2.12. The van der Waals surface area contributed by atoms with Crippen molar-refractivity contribution < 1.29 is 19.1 Å². The van der Waals surface area contributed by atoms with Gasteiger partial charge in [-0.2, -0.15) is 0 Å². The summed E-state index contributed by atoms with van der Waals surface area (Å²) in [4.78, 5) is 23.8. The van der Waals surface area contributed by atoms with Gasteiger partial charge in [-0.1, -0.05) is 23.7 Å². The highest BCUT2D eigenvalue weighted by Crippen LogP contribution is 2.27. The van der Waals surface area contributed by atoms with Gasteiger partial charge in [0.25, 0.3) is 5.91 Å². The largest absolute Gasteiger partial charge is 0.483 e. The molecule has 0 atom stereocenters. The standard InChI is InChI=1S/C19H20ClNO4/c1-11-7-13(3)18(15(20)8-11)21-17(22)10-25-16-9-14(19(23)24-4)6-5-12(16)2/h5-9H,10H2,1-4H3,(H,21,22). The lowest BCUT2D eigenvalue weighted by atomic mass is 10.1. The molecule has 0 heterocycles. The smallest absolute Gasteiger partial charge is 0.337 e. The molecule has 2 aromatic rings. The van der Waals surface area contributed by atoms with E-state index >= 15 is 0 Å². The number of anilines is 1. The van der Waals surface area contributed by atoms with Crippen LogP contribution in [0.5, 0.6) is 5.75 Å². The van der Waals surface area contributed by atoms with E-state index in [9.17, 15) is 9.59 Å². The summed E-state index contributed by atoms with van der Waals surface area (Å²) >= 11 is 6.19. The van der Waals surface area contributed by atoms with Crippen LogP contribution in [0.15, 0.2) is 30.3 Å². The summed E-state index contributed by atoms with van der Waals surface area (Å²) in [6, 6.07) is 8.66. The molecule has 0 radical (unpaired) electrons. The number of hydrogen-bond donors (Lipinski definition) is 1. The van der Waals surface area contributed by atoms with Gasteiger partial charge in [-0.15, -0.1) is 0 Å². The number of rotatable bonds is 5. The zero-order valence-corrected chi connectivity index (χ0v) is 15.4. The van der Waals surface area contributed by atoms with Crippen LogP contribution >= 0.6 is 11.6 Å². The maximum Gasteiger partial charge on any atom is 0.337 e. The van der Waals surface area contributed by atoms with E-state index in [-0.39, 0.29) is 12.5 Å². The SMILES string of the molecule is COC(=O)c1ccc(C)c(OCC(=O)Nc2c(C)cc(C)cc2Cl)c1. The molecule has 2 aromatic carbocycles. The first-order valence-electron chi connectivity index (χ1n) is 7.70. The molecule has 0 aliphatic carbocycles. The van der Waals surface area contributed by atoms with Crippen molar-refractivity contribution in [3.8, 4) is 5.75 Å². The summed E-state index contributed by atoms with van der Waals surface area (Å²) in [7, 11) is 1.31. The van der Waals surface area contributed by atoms with Crippen LogP contribution in [0.2, 0.25) is 5.02 Å². The third-order valence-corrected chi connectivity index (χ3v) is 3.96. The number of halogens is 1. The predicted molar refractivity (Wildman–Crippen MR) is 97.6 cm³/mol. The first kappa shape index (κ1) is 18.8. The maximum atomic E-state index is 12.2. The molecule has 0 aliphatic rings. The molecular formula is C19H20ClNO4. The molecule has 132 valence electrons. The number of amides is 1. The van der Waals surface area contributed by atoms with Gasteiger partial charge in [0.1, 0.15) is 5.75 Å². The highest BCUT2D eigenvalue weighted by molar-refractivity contribution is 6.34. The maximum absolute atomic E-state index is 12.2. The van der Waals surface area contributed by atoms with Crippen molar-refractivity contribution in [2.75, 3.05) is 19.0 Å². The molecule has 1 amide bonds. The van der Waals surface area contributed by atoms with Gasteiger partial charge in [0, 0.05) is 0 Å². The number of carbonyl (C=O) groups is 2. The molecule has 6 heteroatoms. The number of benzene rings is 2. The Labute approximate surface area is 151 Å². The van der Waals surface area contributed by atoms with E-state index in [0.29, 0.717) is 22.0 Å². The Bertz CT molecular complexity index is 794. The second kappa shape index (κ2) is 8.03. The van der Waals surface area contributed by atoms with Gasteiger partial charge in [-0.3, -0.25) is 4.79 Å². The van der Waals surface area contributed by atoms with Crippen LogP contribution in [0.25, 0.3) is 0 Å². The van der Waals surface area contributed by atoms with E-state index < -0.39 is 5.97 Å². The average Bonchev–Trinajstić information content (AvgIpc) is 2.56. The van der Waals surface area contributed by atoms with Crippen molar-refractivity contribution in [3.05, 3.63) is 57.6 Å². The lowest BCUT2D eigenvalue weighted by Crippen LogP contribution is -2.21. The van der Waals surface area contributed by atoms with E-state index in [4.69, 9.17) is 16.3 Å². The van der Waals surface area contributed by atoms with E-state index in [2.05, 4.69) is 10.1 Å². The molecule has 5 nitrogen and oxygen atoms in total. The fourth-order valence-electron chi connectivity index (χ4n) is 2.39. The van der Waals surface area contributed by atoms with E-state index in [1.54, 1.807) is 24.3 Å². The van der Waals surface area contributed by atoms with Gasteiger partial charge in [0.2, 0.25) is 0 Å². The van der Waals surface area contributed by atoms with Gasteiger partial charge < -0.3 is 14.8 Å². The van der Waals surface area contributed by atoms with Crippen LogP contribution in [0.1, 0.15) is 27.0 Å². The van der Waals surface area contributed by atoms with Crippen molar-refractivity contribution >= 4 is 29.2 Å². The lowest BCUT2D eigenvalue weighted by Gasteiger charge is -2.13. The third kappa shape index (κ3) is 4.73. The summed E-state index contributed by atoms with van der Waals surface area (Å²) in [5.74, 6) is -0.349. The highest BCUT2D eigenvalue weighted by atomic mass is 35.5. The van der Waals surface area contributed by atoms with Crippen molar-refractivity contribution in [2.24, 2.45) is 0 Å². The summed E-state index contributed by atoms with van der Waals surface area (Å²) in [5, 5.41) is 3.24. The fourth-order valence-corrected chi connectivity index (χ4v) is 2.76. The Morgan fingerprint density at radius 2 is 1.80 bits per heavy atom. The molecule has 0 bridgehead atoms. The fraction of sp³-hybridized carbons (Fsp3) is 0.263. The number of aryl methyl sites for hydroxylation is 3. The van der Waals surface area contributed by atoms with Gasteiger partial charge in [-0.25, -0.2) is 4.79 Å². The molecule has 0 aliphatic heterocycles. The van der Waals surface area contributed by atoms with Crippen LogP contribution in [-0.4, -0.2) is 25.6 Å². The topological polar surface area (TPSA) is 64.6 Å². The second-order valence-corrected chi connectivity index (χ2v) is 6.15. The molecule has 0 saturated heterocycles. The van der Waals surface area contributed by atoms with E-state index in [1.165, 1.54) is 7.11 Å². The van der Waals surface area contributed by atoms with Crippen LogP contribution in [0.3, 0.4) is 0 Å². The quantitative estimate of drug-likeness (QED) is 0.815. The minimum atomic E-state index is -0.462. The molecule has 0 unspecified atom stereocenters. The molecule has 0 fully saturated rings. The van der Waals surface area contributed by atoms with Gasteiger partial charge in [-0.05, 0) is 55.7 Å². The molecule has 1 N–H and O–H groups in total. The Kier molecular flexibility index (Phi) is 6.04. The minimum absolute atomic E-state index is 0.199. The lowest BCUT2D eigenvalue weighted by molar-refractivity contribution is -0.118. The van der Waals surface area contributed by atoms with Crippen molar-refractivity contribution in [1.29, 1.82) is 0 Å². The van der Waals surface area contributed by atoms with Crippen molar-refractivity contribution in [3.63, 3.8) is 0 Å². The van der Waals surface area contributed by atoms with Gasteiger partial charge in [0.15, 0.2) is 6.61 Å². The van der Waals surface area contributed by atoms with Crippen LogP contribution in [0, 0.1) is 20.8 Å². The number of esters is 1. The Morgan fingerprint density at radius 1 is 1.08 bits per heavy atom. The van der Waals surface area contributed by atoms with Crippen molar-refractivity contribution in [2.45, 2.75) is 20.8 Å². The molecule has 2 rings (SSSR count). The summed E-state index contributed by atoms with van der Waals surface area (Å²) in [5.41, 5.74) is 3.64.